The SMILES string of the molecule is CCC(C)(C)CC(C)(C)CCCN1CCN(C)/C1=N\C. The summed E-state index contributed by atoms with van der Waals surface area (Å²) >= 11 is 0. The van der Waals surface area contributed by atoms with E-state index in [2.05, 4.69) is 56.5 Å². The van der Waals surface area contributed by atoms with Gasteiger partial charge in [0.25, 0.3) is 0 Å². The molecule has 118 valence electrons. The number of hydrogen-bond acceptors (Lipinski definition) is 1. The van der Waals surface area contributed by atoms with Crippen molar-refractivity contribution in [2.45, 2.75) is 60.3 Å². The maximum absolute atomic E-state index is 4.41. The van der Waals surface area contributed by atoms with Gasteiger partial charge < -0.3 is 9.80 Å². The first-order valence-corrected chi connectivity index (χ1v) is 8.14. The average molecular weight is 281 g/mol. The first kappa shape index (κ1) is 17.3. The van der Waals surface area contributed by atoms with Gasteiger partial charge in [0, 0.05) is 33.7 Å². The van der Waals surface area contributed by atoms with Gasteiger partial charge in [0.1, 0.15) is 0 Å². The van der Waals surface area contributed by atoms with Crippen LogP contribution in [0.25, 0.3) is 0 Å². The maximum atomic E-state index is 4.41. The van der Waals surface area contributed by atoms with E-state index in [4.69, 9.17) is 0 Å². The predicted octanol–water partition coefficient (Wildman–Crippen LogP) is 3.85. The van der Waals surface area contributed by atoms with Crippen LogP contribution in [0.3, 0.4) is 0 Å². The second kappa shape index (κ2) is 6.82. The Kier molecular flexibility index (Phi) is 5.91. The molecule has 3 heteroatoms. The predicted molar refractivity (Wildman–Crippen MR) is 89.3 cm³/mol. The highest BCUT2D eigenvalue weighted by atomic mass is 15.4. The Hall–Kier alpha value is -0.730. The number of guanidine groups is 1. The molecular weight excluding hydrogens is 246 g/mol. The summed E-state index contributed by atoms with van der Waals surface area (Å²) < 4.78 is 0. The van der Waals surface area contributed by atoms with Crippen molar-refractivity contribution in [1.82, 2.24) is 9.80 Å². The molecule has 0 amide bonds. The monoisotopic (exact) mass is 281 g/mol. The summed E-state index contributed by atoms with van der Waals surface area (Å²) in [5.74, 6) is 1.16. The van der Waals surface area contributed by atoms with Crippen molar-refractivity contribution in [2.24, 2.45) is 15.8 Å². The van der Waals surface area contributed by atoms with Crippen LogP contribution in [-0.4, -0.2) is 49.5 Å². The third-order valence-corrected chi connectivity index (χ3v) is 4.73. The fourth-order valence-corrected chi connectivity index (χ4v) is 3.49. The van der Waals surface area contributed by atoms with Crippen molar-refractivity contribution in [3.05, 3.63) is 0 Å². The van der Waals surface area contributed by atoms with E-state index < -0.39 is 0 Å². The molecule has 1 heterocycles. The van der Waals surface area contributed by atoms with Crippen LogP contribution in [0.15, 0.2) is 4.99 Å². The summed E-state index contributed by atoms with van der Waals surface area (Å²) in [6.07, 6.45) is 5.14. The van der Waals surface area contributed by atoms with E-state index in [-0.39, 0.29) is 0 Å². The smallest absolute Gasteiger partial charge is 0.196 e. The largest absolute Gasteiger partial charge is 0.344 e. The Morgan fingerprint density at radius 3 is 2.30 bits per heavy atom. The van der Waals surface area contributed by atoms with E-state index in [1.165, 1.54) is 25.7 Å². The van der Waals surface area contributed by atoms with Gasteiger partial charge in [-0.3, -0.25) is 4.99 Å². The topological polar surface area (TPSA) is 18.8 Å². The van der Waals surface area contributed by atoms with Crippen molar-refractivity contribution in [1.29, 1.82) is 0 Å². The van der Waals surface area contributed by atoms with Crippen LogP contribution in [0, 0.1) is 10.8 Å². The summed E-state index contributed by atoms with van der Waals surface area (Å²) in [7, 11) is 4.04. The van der Waals surface area contributed by atoms with E-state index in [9.17, 15) is 0 Å². The minimum Gasteiger partial charge on any atom is -0.344 e. The molecule has 3 nitrogen and oxygen atoms in total. The Bertz CT molecular complexity index is 331. The molecular formula is C17H35N3. The van der Waals surface area contributed by atoms with E-state index in [1.54, 1.807) is 0 Å². The summed E-state index contributed by atoms with van der Waals surface area (Å²) in [6.45, 7) is 15.3. The number of nitrogens with zero attached hydrogens (tertiary/aromatic N) is 3. The molecule has 0 aromatic rings. The molecule has 0 aliphatic carbocycles. The van der Waals surface area contributed by atoms with Crippen LogP contribution in [0.1, 0.15) is 60.3 Å². The molecule has 0 aromatic heterocycles. The molecule has 0 radical (unpaired) electrons. The lowest BCUT2D eigenvalue weighted by atomic mass is 9.72. The fraction of sp³-hybridized carbons (Fsp3) is 0.941. The lowest BCUT2D eigenvalue weighted by molar-refractivity contribution is 0.171. The number of likely N-dealkylation sites (N-methyl/N-ethyl adjacent to an activating group) is 1. The first-order chi connectivity index (χ1) is 9.21. The molecule has 1 aliphatic heterocycles. The number of aliphatic imine (C=N–C) groups is 1. The third kappa shape index (κ3) is 4.99. The van der Waals surface area contributed by atoms with Crippen molar-refractivity contribution in [3.63, 3.8) is 0 Å². The van der Waals surface area contributed by atoms with E-state index in [1.807, 2.05) is 7.05 Å². The zero-order chi connectivity index (χ0) is 15.4. The molecule has 0 bridgehead atoms. The number of rotatable bonds is 7. The molecule has 0 aromatic carbocycles. The van der Waals surface area contributed by atoms with Crippen LogP contribution in [0.4, 0.5) is 0 Å². The van der Waals surface area contributed by atoms with Crippen LogP contribution >= 0.6 is 0 Å². The van der Waals surface area contributed by atoms with Crippen LogP contribution in [-0.2, 0) is 0 Å². The van der Waals surface area contributed by atoms with Gasteiger partial charge >= 0.3 is 0 Å². The van der Waals surface area contributed by atoms with Gasteiger partial charge in [-0.2, -0.15) is 0 Å². The molecule has 1 aliphatic rings. The molecule has 1 saturated heterocycles. The highest BCUT2D eigenvalue weighted by molar-refractivity contribution is 5.81. The van der Waals surface area contributed by atoms with Gasteiger partial charge in [-0.1, -0.05) is 41.0 Å². The molecule has 0 N–H and O–H groups in total. The Balaban J connectivity index is 2.40. The molecule has 1 fully saturated rings. The van der Waals surface area contributed by atoms with Crippen molar-refractivity contribution in [3.8, 4) is 0 Å². The Morgan fingerprint density at radius 1 is 1.10 bits per heavy atom. The van der Waals surface area contributed by atoms with E-state index in [0.717, 1.165) is 25.6 Å². The number of hydrogen-bond donors (Lipinski definition) is 0. The zero-order valence-corrected chi connectivity index (χ0v) is 14.8. The Morgan fingerprint density at radius 2 is 1.75 bits per heavy atom. The van der Waals surface area contributed by atoms with E-state index in [0.29, 0.717) is 10.8 Å². The molecule has 0 saturated carbocycles. The first-order valence-electron chi connectivity index (χ1n) is 8.14. The Labute approximate surface area is 126 Å². The third-order valence-electron chi connectivity index (χ3n) is 4.73. The van der Waals surface area contributed by atoms with Crippen molar-refractivity contribution in [2.75, 3.05) is 33.7 Å². The van der Waals surface area contributed by atoms with Crippen molar-refractivity contribution < 1.29 is 0 Å². The minimum atomic E-state index is 0.439. The van der Waals surface area contributed by atoms with Crippen LogP contribution in [0.2, 0.25) is 0 Å². The summed E-state index contributed by atoms with van der Waals surface area (Å²) in [5, 5.41) is 0. The molecule has 0 spiro atoms. The normalized spacial score (nSPS) is 19.2. The van der Waals surface area contributed by atoms with Crippen LogP contribution < -0.4 is 0 Å². The zero-order valence-electron chi connectivity index (χ0n) is 14.8. The van der Waals surface area contributed by atoms with E-state index >= 15 is 0 Å². The summed E-state index contributed by atoms with van der Waals surface area (Å²) in [5.41, 5.74) is 0.905. The average Bonchev–Trinajstić information content (AvgIpc) is 2.68. The highest BCUT2D eigenvalue weighted by Crippen LogP contribution is 2.38. The standard InChI is InChI=1S/C17H35N3/c1-8-16(2,3)14-17(4,5)10-9-11-20-13-12-19(7)15(20)18-6/h8-14H2,1-7H3/b18-15+. The van der Waals surface area contributed by atoms with Gasteiger partial charge in [-0.05, 0) is 30.1 Å². The van der Waals surface area contributed by atoms with Gasteiger partial charge in [-0.25, -0.2) is 0 Å². The summed E-state index contributed by atoms with van der Waals surface area (Å²) in [4.78, 5) is 9.09. The van der Waals surface area contributed by atoms with Gasteiger partial charge in [0.15, 0.2) is 5.96 Å². The fourth-order valence-electron chi connectivity index (χ4n) is 3.49. The maximum Gasteiger partial charge on any atom is 0.196 e. The second-order valence-corrected chi connectivity index (χ2v) is 7.89. The minimum absolute atomic E-state index is 0.439. The summed E-state index contributed by atoms with van der Waals surface area (Å²) in [6, 6.07) is 0. The van der Waals surface area contributed by atoms with Gasteiger partial charge in [-0.15, -0.1) is 0 Å². The molecule has 0 unspecified atom stereocenters. The highest BCUT2D eigenvalue weighted by Gasteiger charge is 2.28. The van der Waals surface area contributed by atoms with Gasteiger partial charge in [0.2, 0.25) is 0 Å². The van der Waals surface area contributed by atoms with Crippen LogP contribution in [0.5, 0.6) is 0 Å². The quantitative estimate of drug-likeness (QED) is 0.706. The molecule has 1 rings (SSSR count). The van der Waals surface area contributed by atoms with Gasteiger partial charge in [0.05, 0.1) is 0 Å². The second-order valence-electron chi connectivity index (χ2n) is 7.89. The lowest BCUT2D eigenvalue weighted by Gasteiger charge is -2.35. The molecule has 20 heavy (non-hydrogen) atoms. The van der Waals surface area contributed by atoms with Crippen molar-refractivity contribution >= 4 is 5.96 Å². The lowest BCUT2D eigenvalue weighted by Crippen LogP contribution is -2.32. The molecule has 0 atom stereocenters.